The fourth-order valence-corrected chi connectivity index (χ4v) is 2.66. The van der Waals surface area contributed by atoms with Crippen molar-refractivity contribution >= 4 is 34.4 Å². The highest BCUT2D eigenvalue weighted by atomic mass is 35.5. The van der Waals surface area contributed by atoms with Crippen LogP contribution in [-0.4, -0.2) is 35.1 Å². The lowest BCUT2D eigenvalue weighted by atomic mass is 10.3. The van der Waals surface area contributed by atoms with E-state index in [0.29, 0.717) is 24.8 Å². The topological polar surface area (TPSA) is 53.1 Å². The Labute approximate surface area is 115 Å². The number of ether oxygens (including phenoxy) is 1. The lowest BCUT2D eigenvalue weighted by Gasteiger charge is -2.03. The maximum absolute atomic E-state index is 5.95. The molecule has 1 aromatic heterocycles. The van der Waals surface area contributed by atoms with E-state index in [4.69, 9.17) is 22.1 Å². The van der Waals surface area contributed by atoms with Gasteiger partial charge in [-0.25, -0.2) is 4.98 Å². The Balaban J connectivity index is 2.02. The molecule has 0 atom stereocenters. The maximum atomic E-state index is 5.95. The van der Waals surface area contributed by atoms with Crippen molar-refractivity contribution in [3.63, 3.8) is 0 Å². The van der Waals surface area contributed by atoms with Gasteiger partial charge in [-0.1, -0.05) is 23.4 Å². The molecule has 2 N–H and O–H groups in total. The number of halogens is 1. The summed E-state index contributed by atoms with van der Waals surface area (Å²) in [5, 5.41) is 1.69. The molecule has 0 fully saturated rings. The monoisotopic (exact) mass is 285 g/mol. The summed E-state index contributed by atoms with van der Waals surface area (Å²) in [6, 6.07) is 5.75. The SMILES string of the molecule is Cn1c(SCCOCCN)nc2cc(Cl)ccc21. The Kier molecular flexibility index (Phi) is 4.88. The van der Waals surface area contributed by atoms with Crippen molar-refractivity contribution in [2.75, 3.05) is 25.5 Å². The van der Waals surface area contributed by atoms with Gasteiger partial charge in [0.2, 0.25) is 0 Å². The highest BCUT2D eigenvalue weighted by Crippen LogP contribution is 2.24. The van der Waals surface area contributed by atoms with E-state index in [-0.39, 0.29) is 0 Å². The van der Waals surface area contributed by atoms with Gasteiger partial charge in [-0.05, 0) is 18.2 Å². The van der Waals surface area contributed by atoms with Gasteiger partial charge >= 0.3 is 0 Å². The third-order valence-corrected chi connectivity index (χ3v) is 3.75. The van der Waals surface area contributed by atoms with Crippen LogP contribution in [-0.2, 0) is 11.8 Å². The van der Waals surface area contributed by atoms with Crippen LogP contribution in [0.4, 0.5) is 0 Å². The van der Waals surface area contributed by atoms with E-state index >= 15 is 0 Å². The summed E-state index contributed by atoms with van der Waals surface area (Å²) in [6.07, 6.45) is 0. The molecule has 0 spiro atoms. The molecule has 0 aliphatic rings. The summed E-state index contributed by atoms with van der Waals surface area (Å²) < 4.78 is 7.40. The van der Waals surface area contributed by atoms with Crippen LogP contribution in [0.1, 0.15) is 0 Å². The largest absolute Gasteiger partial charge is 0.379 e. The van der Waals surface area contributed by atoms with Crippen LogP contribution in [0.2, 0.25) is 5.02 Å². The number of imidazole rings is 1. The molecule has 0 bridgehead atoms. The molecule has 0 aliphatic carbocycles. The average Bonchev–Trinajstić information content (AvgIpc) is 2.65. The smallest absolute Gasteiger partial charge is 0.168 e. The molecule has 4 nitrogen and oxygen atoms in total. The Hall–Kier alpha value is -0.750. The Morgan fingerprint density at radius 1 is 1.44 bits per heavy atom. The number of thioether (sulfide) groups is 1. The lowest BCUT2D eigenvalue weighted by molar-refractivity contribution is 0.158. The number of fused-ring (bicyclic) bond motifs is 1. The molecule has 0 amide bonds. The molecule has 2 rings (SSSR count). The highest BCUT2D eigenvalue weighted by Gasteiger charge is 2.08. The molecular weight excluding hydrogens is 270 g/mol. The van der Waals surface area contributed by atoms with E-state index < -0.39 is 0 Å². The van der Waals surface area contributed by atoms with E-state index in [9.17, 15) is 0 Å². The molecule has 6 heteroatoms. The summed E-state index contributed by atoms with van der Waals surface area (Å²) in [5.41, 5.74) is 7.36. The number of benzene rings is 1. The summed E-state index contributed by atoms with van der Waals surface area (Å²) in [5.74, 6) is 0.866. The third-order valence-electron chi connectivity index (χ3n) is 2.52. The second-order valence-corrected chi connectivity index (χ2v) is 5.33. The first-order valence-corrected chi connectivity index (χ1v) is 7.11. The highest BCUT2D eigenvalue weighted by molar-refractivity contribution is 7.99. The molecule has 0 saturated carbocycles. The van der Waals surface area contributed by atoms with Crippen molar-refractivity contribution in [3.8, 4) is 0 Å². The molecule has 0 radical (unpaired) electrons. The zero-order valence-corrected chi connectivity index (χ0v) is 11.8. The van der Waals surface area contributed by atoms with Gasteiger partial charge in [0.15, 0.2) is 5.16 Å². The van der Waals surface area contributed by atoms with Crippen LogP contribution in [0, 0.1) is 0 Å². The van der Waals surface area contributed by atoms with Crippen LogP contribution in [0.25, 0.3) is 11.0 Å². The van der Waals surface area contributed by atoms with Gasteiger partial charge in [-0.2, -0.15) is 0 Å². The Morgan fingerprint density at radius 2 is 2.28 bits per heavy atom. The van der Waals surface area contributed by atoms with Gasteiger partial charge in [0.05, 0.1) is 24.2 Å². The first-order valence-electron chi connectivity index (χ1n) is 5.75. The van der Waals surface area contributed by atoms with E-state index in [1.165, 1.54) is 0 Å². The number of aromatic nitrogens is 2. The molecule has 1 heterocycles. The summed E-state index contributed by atoms with van der Waals surface area (Å²) in [6.45, 7) is 1.86. The second-order valence-electron chi connectivity index (χ2n) is 3.84. The van der Waals surface area contributed by atoms with E-state index in [1.807, 2.05) is 25.2 Å². The van der Waals surface area contributed by atoms with Crippen LogP contribution < -0.4 is 5.73 Å². The zero-order chi connectivity index (χ0) is 13.0. The van der Waals surface area contributed by atoms with Gasteiger partial charge in [-0.3, -0.25) is 0 Å². The Morgan fingerprint density at radius 3 is 3.06 bits per heavy atom. The minimum absolute atomic E-state index is 0.565. The number of aryl methyl sites for hydroxylation is 1. The van der Waals surface area contributed by atoms with Crippen molar-refractivity contribution in [1.82, 2.24) is 9.55 Å². The average molecular weight is 286 g/mol. The molecule has 0 aliphatic heterocycles. The first-order chi connectivity index (χ1) is 8.72. The molecule has 18 heavy (non-hydrogen) atoms. The number of hydrogen-bond acceptors (Lipinski definition) is 4. The Bertz CT molecular complexity index is 529. The predicted molar refractivity (Wildman–Crippen MR) is 76.3 cm³/mol. The molecule has 1 aromatic carbocycles. The van der Waals surface area contributed by atoms with Crippen LogP contribution >= 0.6 is 23.4 Å². The summed E-state index contributed by atoms with van der Waals surface area (Å²) in [4.78, 5) is 4.55. The third kappa shape index (κ3) is 3.17. The van der Waals surface area contributed by atoms with Crippen LogP contribution in [0.15, 0.2) is 23.4 Å². The quantitative estimate of drug-likeness (QED) is 0.654. The van der Waals surface area contributed by atoms with Gasteiger partial charge in [0, 0.05) is 24.4 Å². The molecule has 0 saturated heterocycles. The van der Waals surface area contributed by atoms with Crippen LogP contribution in [0.3, 0.4) is 0 Å². The van der Waals surface area contributed by atoms with Crippen molar-refractivity contribution in [2.24, 2.45) is 12.8 Å². The minimum atomic E-state index is 0.565. The fraction of sp³-hybridized carbons (Fsp3) is 0.417. The number of nitrogens with zero attached hydrogens (tertiary/aromatic N) is 2. The summed E-state index contributed by atoms with van der Waals surface area (Å²) in [7, 11) is 2.01. The van der Waals surface area contributed by atoms with Crippen molar-refractivity contribution in [3.05, 3.63) is 23.2 Å². The first kappa shape index (κ1) is 13.7. The maximum Gasteiger partial charge on any atom is 0.168 e. The number of nitrogens with two attached hydrogens (primary N) is 1. The molecule has 2 aromatic rings. The van der Waals surface area contributed by atoms with Gasteiger partial charge in [-0.15, -0.1) is 0 Å². The minimum Gasteiger partial charge on any atom is -0.379 e. The summed E-state index contributed by atoms with van der Waals surface area (Å²) >= 11 is 7.63. The van der Waals surface area contributed by atoms with Gasteiger partial charge in [0.1, 0.15) is 0 Å². The normalized spacial score (nSPS) is 11.3. The van der Waals surface area contributed by atoms with Crippen molar-refractivity contribution in [1.29, 1.82) is 0 Å². The second kappa shape index (κ2) is 6.43. The number of hydrogen-bond donors (Lipinski definition) is 1. The van der Waals surface area contributed by atoms with Gasteiger partial charge in [0.25, 0.3) is 0 Å². The van der Waals surface area contributed by atoms with Crippen molar-refractivity contribution in [2.45, 2.75) is 5.16 Å². The molecule has 98 valence electrons. The van der Waals surface area contributed by atoms with Crippen LogP contribution in [0.5, 0.6) is 0 Å². The van der Waals surface area contributed by atoms with Crippen molar-refractivity contribution < 1.29 is 4.74 Å². The zero-order valence-electron chi connectivity index (χ0n) is 10.2. The fourth-order valence-electron chi connectivity index (χ4n) is 1.66. The van der Waals surface area contributed by atoms with E-state index in [0.717, 1.165) is 21.9 Å². The standard InChI is InChI=1S/C12H16ClN3OS/c1-16-11-3-2-9(13)8-10(11)15-12(16)18-7-6-17-5-4-14/h2-3,8H,4-7,14H2,1H3. The molecule has 0 unspecified atom stereocenters. The molecular formula is C12H16ClN3OS. The van der Waals surface area contributed by atoms with E-state index in [2.05, 4.69) is 9.55 Å². The predicted octanol–water partition coefficient (Wildman–Crippen LogP) is 2.29. The lowest BCUT2D eigenvalue weighted by Crippen LogP contribution is -2.10. The number of rotatable bonds is 6. The van der Waals surface area contributed by atoms with E-state index in [1.54, 1.807) is 11.8 Å². The van der Waals surface area contributed by atoms with Gasteiger partial charge < -0.3 is 15.0 Å².